The largest absolute Gasteiger partial charge is 0.397 e. The Morgan fingerprint density at radius 3 is 2.86 bits per heavy atom. The third kappa shape index (κ3) is 2.31. The van der Waals surface area contributed by atoms with Crippen molar-refractivity contribution in [1.29, 1.82) is 0 Å². The number of pyridine rings is 1. The van der Waals surface area contributed by atoms with Crippen LogP contribution in [0.3, 0.4) is 0 Å². The van der Waals surface area contributed by atoms with Gasteiger partial charge in [-0.25, -0.2) is 4.79 Å². The molecule has 0 aliphatic heterocycles. The fourth-order valence-electron chi connectivity index (χ4n) is 2.40. The van der Waals surface area contributed by atoms with Gasteiger partial charge in [0.25, 0.3) is 5.56 Å². The molecule has 3 rings (SSSR count). The minimum absolute atomic E-state index is 0.384. The van der Waals surface area contributed by atoms with E-state index < -0.39 is 5.69 Å². The Labute approximate surface area is 119 Å². The number of nitrogen functional groups attached to an aromatic ring is 1. The Balaban J connectivity index is 2.19. The van der Waals surface area contributed by atoms with Crippen LogP contribution in [0.15, 0.2) is 40.2 Å². The van der Waals surface area contributed by atoms with Crippen LogP contribution in [0.4, 0.5) is 5.69 Å². The topological polar surface area (TPSA) is 105 Å². The van der Waals surface area contributed by atoms with E-state index in [1.165, 1.54) is 6.20 Å². The highest BCUT2D eigenvalue weighted by atomic mass is 16.2. The first-order chi connectivity index (χ1) is 10.1. The van der Waals surface area contributed by atoms with Crippen molar-refractivity contribution in [3.05, 3.63) is 68.1 Å². The molecule has 0 saturated carbocycles. The number of hydrogen-bond acceptors (Lipinski definition) is 4. The summed E-state index contributed by atoms with van der Waals surface area (Å²) >= 11 is 0. The molecule has 3 aromatic rings. The van der Waals surface area contributed by atoms with Crippen LogP contribution in [0.2, 0.25) is 0 Å². The highest BCUT2D eigenvalue weighted by molar-refractivity contribution is 5.93. The van der Waals surface area contributed by atoms with Crippen LogP contribution < -0.4 is 17.0 Å². The van der Waals surface area contributed by atoms with Gasteiger partial charge in [0.2, 0.25) is 0 Å². The second kappa shape index (κ2) is 4.90. The molecule has 4 N–H and O–H groups in total. The molecule has 0 aliphatic carbocycles. The zero-order valence-electron chi connectivity index (χ0n) is 11.4. The summed E-state index contributed by atoms with van der Waals surface area (Å²) in [6, 6.07) is 5.70. The predicted molar refractivity (Wildman–Crippen MR) is 81.4 cm³/mol. The molecule has 106 valence electrons. The summed E-state index contributed by atoms with van der Waals surface area (Å²) in [7, 11) is 0. The molecule has 0 aliphatic rings. The molecule has 0 fully saturated rings. The first-order valence-electron chi connectivity index (χ1n) is 6.50. The van der Waals surface area contributed by atoms with Crippen LogP contribution in [-0.2, 0) is 6.42 Å². The monoisotopic (exact) mass is 282 g/mol. The van der Waals surface area contributed by atoms with E-state index in [9.17, 15) is 9.59 Å². The maximum Gasteiger partial charge on any atom is 0.325 e. The summed E-state index contributed by atoms with van der Waals surface area (Å²) in [6.07, 6.45) is 3.53. The number of aromatic nitrogens is 3. The number of aromatic amines is 2. The molecule has 0 spiro atoms. The van der Waals surface area contributed by atoms with Gasteiger partial charge in [-0.15, -0.1) is 0 Å². The lowest BCUT2D eigenvalue weighted by Crippen LogP contribution is -2.24. The highest BCUT2D eigenvalue weighted by Gasteiger charge is 2.10. The average molecular weight is 282 g/mol. The van der Waals surface area contributed by atoms with Crippen LogP contribution in [-0.4, -0.2) is 15.0 Å². The third-order valence-electron chi connectivity index (χ3n) is 3.50. The van der Waals surface area contributed by atoms with Gasteiger partial charge in [0.15, 0.2) is 0 Å². The van der Waals surface area contributed by atoms with Crippen molar-refractivity contribution in [2.75, 3.05) is 5.73 Å². The van der Waals surface area contributed by atoms with E-state index in [1.54, 1.807) is 6.20 Å². The molecule has 21 heavy (non-hydrogen) atoms. The Bertz CT molecular complexity index is 940. The summed E-state index contributed by atoms with van der Waals surface area (Å²) < 4.78 is 0. The summed E-state index contributed by atoms with van der Waals surface area (Å²) in [5.41, 5.74) is 8.88. The molecule has 0 saturated heterocycles. The number of nitrogens with two attached hydrogens (primary N) is 1. The van der Waals surface area contributed by atoms with E-state index in [1.807, 2.05) is 25.1 Å². The van der Waals surface area contributed by atoms with E-state index in [0.29, 0.717) is 17.7 Å². The first-order valence-corrected chi connectivity index (χ1v) is 6.50. The minimum Gasteiger partial charge on any atom is -0.397 e. The molecule has 2 heterocycles. The van der Waals surface area contributed by atoms with Crippen molar-refractivity contribution >= 4 is 16.6 Å². The number of anilines is 1. The molecule has 0 bridgehead atoms. The molecule has 0 amide bonds. The van der Waals surface area contributed by atoms with E-state index >= 15 is 0 Å². The molecular formula is C15H14N4O2. The SMILES string of the molecule is Cc1cc(Cc2c[nH]c(=O)[nH]c2=O)c2cccnc2c1N. The Morgan fingerprint density at radius 1 is 1.29 bits per heavy atom. The lowest BCUT2D eigenvalue weighted by molar-refractivity contribution is 0.977. The van der Waals surface area contributed by atoms with Crippen LogP contribution in [0.5, 0.6) is 0 Å². The van der Waals surface area contributed by atoms with Gasteiger partial charge in [-0.2, -0.15) is 0 Å². The highest BCUT2D eigenvalue weighted by Crippen LogP contribution is 2.27. The fraction of sp³-hybridized carbons (Fsp3) is 0.133. The maximum absolute atomic E-state index is 11.8. The number of rotatable bonds is 2. The van der Waals surface area contributed by atoms with Crippen molar-refractivity contribution in [2.45, 2.75) is 13.3 Å². The van der Waals surface area contributed by atoms with Crippen LogP contribution in [0.25, 0.3) is 10.9 Å². The number of nitrogens with zero attached hydrogens (tertiary/aromatic N) is 1. The van der Waals surface area contributed by atoms with Gasteiger partial charge in [0.1, 0.15) is 0 Å². The Kier molecular flexibility index (Phi) is 3.06. The average Bonchev–Trinajstić information content (AvgIpc) is 2.47. The predicted octanol–water partition coefficient (Wildman–Crippen LogP) is 1.09. The second-order valence-corrected chi connectivity index (χ2v) is 4.94. The maximum atomic E-state index is 11.8. The zero-order chi connectivity index (χ0) is 15.0. The van der Waals surface area contributed by atoms with Crippen molar-refractivity contribution < 1.29 is 0 Å². The van der Waals surface area contributed by atoms with Gasteiger partial charge >= 0.3 is 5.69 Å². The fourth-order valence-corrected chi connectivity index (χ4v) is 2.40. The lowest BCUT2D eigenvalue weighted by atomic mass is 9.98. The first kappa shape index (κ1) is 13.1. The molecule has 6 heteroatoms. The molecule has 0 radical (unpaired) electrons. The van der Waals surface area contributed by atoms with Gasteiger partial charge in [-0.1, -0.05) is 12.1 Å². The van der Waals surface area contributed by atoms with E-state index in [-0.39, 0.29) is 5.56 Å². The van der Waals surface area contributed by atoms with Gasteiger partial charge in [-0.05, 0) is 24.1 Å². The molecule has 0 unspecified atom stereocenters. The number of aryl methyl sites for hydroxylation is 1. The van der Waals surface area contributed by atoms with Gasteiger partial charge in [0, 0.05) is 29.8 Å². The van der Waals surface area contributed by atoms with Crippen molar-refractivity contribution in [1.82, 2.24) is 15.0 Å². The van der Waals surface area contributed by atoms with Crippen molar-refractivity contribution in [3.63, 3.8) is 0 Å². The lowest BCUT2D eigenvalue weighted by Gasteiger charge is -2.10. The summed E-state index contributed by atoms with van der Waals surface area (Å²) in [5.74, 6) is 0. The summed E-state index contributed by atoms with van der Waals surface area (Å²) in [6.45, 7) is 1.91. The van der Waals surface area contributed by atoms with Crippen LogP contribution in [0, 0.1) is 6.92 Å². The third-order valence-corrected chi connectivity index (χ3v) is 3.50. The quantitative estimate of drug-likeness (QED) is 0.612. The normalized spacial score (nSPS) is 10.9. The number of nitrogens with one attached hydrogen (secondary N) is 2. The molecule has 0 atom stereocenters. The van der Waals surface area contributed by atoms with Gasteiger partial charge < -0.3 is 10.7 Å². The van der Waals surface area contributed by atoms with E-state index in [0.717, 1.165) is 22.0 Å². The molecule has 1 aromatic carbocycles. The second-order valence-electron chi connectivity index (χ2n) is 4.94. The van der Waals surface area contributed by atoms with E-state index in [4.69, 9.17) is 5.73 Å². The number of hydrogen-bond donors (Lipinski definition) is 3. The Morgan fingerprint density at radius 2 is 2.10 bits per heavy atom. The number of fused-ring (bicyclic) bond motifs is 1. The Hall–Kier alpha value is -2.89. The zero-order valence-corrected chi connectivity index (χ0v) is 11.4. The summed E-state index contributed by atoms with van der Waals surface area (Å²) in [5, 5.41) is 0.909. The minimum atomic E-state index is -0.510. The van der Waals surface area contributed by atoms with Crippen molar-refractivity contribution in [3.8, 4) is 0 Å². The van der Waals surface area contributed by atoms with Gasteiger partial charge in [0.05, 0.1) is 11.2 Å². The van der Waals surface area contributed by atoms with E-state index in [2.05, 4.69) is 15.0 Å². The summed E-state index contributed by atoms with van der Waals surface area (Å²) in [4.78, 5) is 31.9. The molecule has 6 nitrogen and oxygen atoms in total. The van der Waals surface area contributed by atoms with Gasteiger partial charge in [-0.3, -0.25) is 14.8 Å². The van der Waals surface area contributed by atoms with Crippen LogP contribution in [0.1, 0.15) is 16.7 Å². The van der Waals surface area contributed by atoms with Crippen molar-refractivity contribution in [2.24, 2.45) is 0 Å². The number of H-pyrrole nitrogens is 2. The number of benzene rings is 1. The molecule has 2 aromatic heterocycles. The van der Waals surface area contributed by atoms with Crippen LogP contribution >= 0.6 is 0 Å². The smallest absolute Gasteiger partial charge is 0.325 e. The standard InChI is InChI=1S/C15H14N4O2/c1-8-5-9(6-10-7-18-15(21)19-14(10)20)11-3-2-4-17-13(11)12(8)16/h2-5,7H,6,16H2,1H3,(H2,18,19,20,21). The molecular weight excluding hydrogens is 268 g/mol.